The van der Waals surface area contributed by atoms with Crippen molar-refractivity contribution in [2.75, 3.05) is 11.9 Å². The molecule has 2 aliphatic heterocycles. The minimum atomic E-state index is -1.03. The molecule has 4 unspecified atom stereocenters. The standard InChI is InChI=1S/C26H30N4O3/c1-16-21(22(32)23(33)26(16,2)14-31)30-13-19(17-9-5-3-6-10-17)20-24(27-15-28-25(20)30)29-18-11-7-4-8-12-18/h3-13,15-16,20-23,25,31-33H,14H2,1-2H3,(H,27,28,29)/t16-,20?,21-,22?,23?,25?,26+/m1/s1. The number of rotatable bonds is 4. The fourth-order valence-electron chi connectivity index (χ4n) is 5.48. The molecule has 1 saturated carbocycles. The van der Waals surface area contributed by atoms with Crippen LogP contribution in [0.1, 0.15) is 19.4 Å². The number of para-hydroxylation sites is 1. The van der Waals surface area contributed by atoms with Gasteiger partial charge < -0.3 is 25.5 Å². The Morgan fingerprint density at radius 3 is 2.33 bits per heavy atom. The Morgan fingerprint density at radius 2 is 1.70 bits per heavy atom. The molecule has 0 amide bonds. The predicted molar refractivity (Wildman–Crippen MR) is 130 cm³/mol. The van der Waals surface area contributed by atoms with E-state index in [4.69, 9.17) is 4.99 Å². The number of hydrogen-bond acceptors (Lipinski definition) is 7. The molecule has 1 fully saturated rings. The summed E-state index contributed by atoms with van der Waals surface area (Å²) in [4.78, 5) is 11.4. The lowest BCUT2D eigenvalue weighted by atomic mass is 9.79. The van der Waals surface area contributed by atoms with Crippen molar-refractivity contribution in [2.45, 2.75) is 38.3 Å². The van der Waals surface area contributed by atoms with Crippen LogP contribution in [0.25, 0.3) is 5.57 Å². The molecule has 7 heteroatoms. The van der Waals surface area contributed by atoms with Crippen LogP contribution in [0.5, 0.6) is 0 Å². The maximum absolute atomic E-state index is 11.1. The summed E-state index contributed by atoms with van der Waals surface area (Å²) in [5.74, 6) is 0.443. The Morgan fingerprint density at radius 1 is 1.03 bits per heavy atom. The van der Waals surface area contributed by atoms with Crippen LogP contribution in [0.2, 0.25) is 0 Å². The molecule has 33 heavy (non-hydrogen) atoms. The van der Waals surface area contributed by atoms with Gasteiger partial charge in [-0.15, -0.1) is 0 Å². The van der Waals surface area contributed by atoms with E-state index in [9.17, 15) is 15.3 Å². The fraction of sp³-hybridized carbons (Fsp3) is 0.385. The molecule has 5 rings (SSSR count). The molecule has 0 bridgehead atoms. The zero-order valence-electron chi connectivity index (χ0n) is 18.8. The predicted octanol–water partition coefficient (Wildman–Crippen LogP) is 2.58. The Bertz CT molecular complexity index is 1090. The molecule has 172 valence electrons. The third kappa shape index (κ3) is 3.47. The highest BCUT2D eigenvalue weighted by Gasteiger charge is 2.59. The molecule has 1 aliphatic carbocycles. The summed E-state index contributed by atoms with van der Waals surface area (Å²) >= 11 is 0. The summed E-state index contributed by atoms with van der Waals surface area (Å²) in [5.41, 5.74) is 2.24. The van der Waals surface area contributed by atoms with Gasteiger partial charge in [-0.1, -0.05) is 62.4 Å². The maximum Gasteiger partial charge on any atom is 0.136 e. The summed E-state index contributed by atoms with van der Waals surface area (Å²) in [7, 11) is 0. The van der Waals surface area contributed by atoms with Gasteiger partial charge in [-0.25, -0.2) is 9.98 Å². The molecule has 7 nitrogen and oxygen atoms in total. The van der Waals surface area contributed by atoms with Gasteiger partial charge in [-0.3, -0.25) is 0 Å². The molecule has 0 saturated heterocycles. The third-order valence-electron chi connectivity index (χ3n) is 7.68. The Kier molecular flexibility index (Phi) is 5.56. The van der Waals surface area contributed by atoms with Crippen molar-refractivity contribution in [3.63, 3.8) is 0 Å². The molecule has 0 spiro atoms. The number of aliphatic hydroxyl groups excluding tert-OH is 3. The van der Waals surface area contributed by atoms with E-state index >= 15 is 0 Å². The molecule has 2 aromatic rings. The summed E-state index contributed by atoms with van der Waals surface area (Å²) < 4.78 is 0. The summed E-state index contributed by atoms with van der Waals surface area (Å²) in [6, 6.07) is 19.6. The van der Waals surface area contributed by atoms with Gasteiger partial charge in [0, 0.05) is 17.3 Å². The number of aliphatic imine (C=N–C) groups is 2. The van der Waals surface area contributed by atoms with Gasteiger partial charge in [0.1, 0.15) is 24.4 Å². The SMILES string of the molecule is C[C@@H]1[C@@H](N2C=C(c3ccccc3)C3C(Nc4ccccc4)=NC=NC32)C(O)C(O)[C@@]1(C)CO. The normalized spacial score (nSPS) is 35.2. The first-order valence-corrected chi connectivity index (χ1v) is 11.4. The van der Waals surface area contributed by atoms with Gasteiger partial charge in [-0.05, 0) is 29.2 Å². The van der Waals surface area contributed by atoms with Crippen LogP contribution < -0.4 is 5.32 Å². The van der Waals surface area contributed by atoms with E-state index in [1.165, 1.54) is 0 Å². The first-order valence-electron chi connectivity index (χ1n) is 11.4. The highest BCUT2D eigenvalue weighted by Crippen LogP contribution is 2.49. The lowest BCUT2D eigenvalue weighted by Gasteiger charge is -2.38. The second kappa shape index (κ2) is 8.41. The zero-order chi connectivity index (χ0) is 23.2. The lowest BCUT2D eigenvalue weighted by Crippen LogP contribution is -2.49. The van der Waals surface area contributed by atoms with Gasteiger partial charge >= 0.3 is 0 Å². The largest absolute Gasteiger partial charge is 0.396 e. The van der Waals surface area contributed by atoms with Crippen molar-refractivity contribution in [1.29, 1.82) is 0 Å². The molecular formula is C26H30N4O3. The highest BCUT2D eigenvalue weighted by molar-refractivity contribution is 6.09. The van der Waals surface area contributed by atoms with Crippen LogP contribution in [0.4, 0.5) is 5.69 Å². The van der Waals surface area contributed by atoms with Gasteiger partial charge in [0.2, 0.25) is 0 Å². The van der Waals surface area contributed by atoms with E-state index in [1.54, 1.807) is 6.34 Å². The average Bonchev–Trinajstić information content (AvgIpc) is 3.31. The molecule has 7 atom stereocenters. The van der Waals surface area contributed by atoms with Crippen molar-refractivity contribution in [1.82, 2.24) is 4.90 Å². The van der Waals surface area contributed by atoms with Crippen LogP contribution in [-0.4, -0.2) is 63.4 Å². The molecule has 3 aliphatic rings. The van der Waals surface area contributed by atoms with Gasteiger partial charge in [-0.2, -0.15) is 0 Å². The average molecular weight is 447 g/mol. The number of fused-ring (bicyclic) bond motifs is 1. The summed E-state index contributed by atoms with van der Waals surface area (Å²) in [5, 5.41) is 35.4. The third-order valence-corrected chi connectivity index (χ3v) is 7.68. The summed E-state index contributed by atoms with van der Waals surface area (Å²) in [6.07, 6.45) is 1.26. The molecule has 2 aromatic carbocycles. The molecular weight excluding hydrogens is 416 g/mol. The first-order chi connectivity index (χ1) is 16.0. The number of amidine groups is 1. The second-order valence-corrected chi connectivity index (χ2v) is 9.44. The topological polar surface area (TPSA) is 101 Å². The minimum Gasteiger partial charge on any atom is -0.396 e. The number of nitrogens with one attached hydrogen (secondary N) is 1. The van der Waals surface area contributed by atoms with Crippen LogP contribution >= 0.6 is 0 Å². The van der Waals surface area contributed by atoms with E-state index in [0.717, 1.165) is 22.7 Å². The fourth-order valence-corrected chi connectivity index (χ4v) is 5.48. The van der Waals surface area contributed by atoms with Crippen molar-refractivity contribution in [3.8, 4) is 0 Å². The molecule has 0 radical (unpaired) electrons. The summed E-state index contributed by atoms with van der Waals surface area (Å²) in [6.45, 7) is 3.61. The monoisotopic (exact) mass is 446 g/mol. The first kappa shape index (κ1) is 21.8. The molecule has 0 aromatic heterocycles. The van der Waals surface area contributed by atoms with Crippen molar-refractivity contribution >= 4 is 23.4 Å². The van der Waals surface area contributed by atoms with E-state index in [-0.39, 0.29) is 24.6 Å². The van der Waals surface area contributed by atoms with Gasteiger partial charge in [0.25, 0.3) is 0 Å². The Hall–Kier alpha value is -3.00. The zero-order valence-corrected chi connectivity index (χ0v) is 18.8. The molecule has 4 N–H and O–H groups in total. The van der Waals surface area contributed by atoms with Crippen LogP contribution in [0.15, 0.2) is 76.8 Å². The van der Waals surface area contributed by atoms with Crippen LogP contribution in [0, 0.1) is 17.3 Å². The smallest absolute Gasteiger partial charge is 0.136 e. The van der Waals surface area contributed by atoms with E-state index in [1.807, 2.05) is 62.4 Å². The highest BCUT2D eigenvalue weighted by atomic mass is 16.3. The number of benzene rings is 2. The van der Waals surface area contributed by atoms with Crippen molar-refractivity contribution in [2.24, 2.45) is 27.2 Å². The van der Waals surface area contributed by atoms with Gasteiger partial charge in [0.15, 0.2) is 0 Å². The Labute approximate surface area is 193 Å². The van der Waals surface area contributed by atoms with Gasteiger partial charge in [0.05, 0.1) is 24.7 Å². The second-order valence-electron chi connectivity index (χ2n) is 9.44. The van der Waals surface area contributed by atoms with E-state index in [2.05, 4.69) is 33.5 Å². The van der Waals surface area contributed by atoms with E-state index in [0.29, 0.717) is 0 Å². The number of hydrogen-bond donors (Lipinski definition) is 4. The van der Waals surface area contributed by atoms with E-state index < -0.39 is 23.7 Å². The number of anilines is 1. The Balaban J connectivity index is 1.56. The molecule has 2 heterocycles. The number of nitrogens with zero attached hydrogens (tertiary/aromatic N) is 3. The van der Waals surface area contributed by atoms with Crippen molar-refractivity contribution < 1.29 is 15.3 Å². The lowest BCUT2D eigenvalue weighted by molar-refractivity contribution is -0.0490. The van der Waals surface area contributed by atoms with Crippen LogP contribution in [-0.2, 0) is 0 Å². The van der Waals surface area contributed by atoms with Crippen molar-refractivity contribution in [3.05, 3.63) is 72.4 Å². The minimum absolute atomic E-state index is 0.167. The van der Waals surface area contributed by atoms with Crippen LogP contribution in [0.3, 0.4) is 0 Å². The quantitative estimate of drug-likeness (QED) is 0.578. The maximum atomic E-state index is 11.1. The number of aliphatic hydroxyl groups is 3.